The van der Waals surface area contributed by atoms with E-state index >= 15 is 0 Å². The lowest BCUT2D eigenvalue weighted by Gasteiger charge is -2.10. The number of rotatable bonds is 8. The van der Waals surface area contributed by atoms with Crippen molar-refractivity contribution in [3.8, 4) is 28.4 Å². The van der Waals surface area contributed by atoms with Crippen molar-refractivity contribution in [2.24, 2.45) is 0 Å². The standard InChI is InChI=1S/C20H20F3N3O4S/c1-29-16-7-3-14(4-8-16)18-13-19(20(21,22)23)25-26(18)15-5-9-17(10-6-15)30-12-11-24-31(2,27)28/h3-10,13,24H,11-12H2,1-2H3. The van der Waals surface area contributed by atoms with E-state index in [9.17, 15) is 21.6 Å². The molecule has 0 aliphatic rings. The molecule has 166 valence electrons. The fourth-order valence-electron chi connectivity index (χ4n) is 2.76. The highest BCUT2D eigenvalue weighted by Crippen LogP contribution is 2.34. The summed E-state index contributed by atoms with van der Waals surface area (Å²) in [6.45, 7) is 0.194. The summed E-state index contributed by atoms with van der Waals surface area (Å²) in [5, 5.41) is 3.75. The SMILES string of the molecule is COc1ccc(-c2cc(C(F)(F)F)nn2-c2ccc(OCCNS(C)(=O)=O)cc2)cc1. The van der Waals surface area contributed by atoms with Crippen LogP contribution >= 0.6 is 0 Å². The number of hydrogen-bond acceptors (Lipinski definition) is 5. The Labute approximate surface area is 177 Å². The van der Waals surface area contributed by atoms with E-state index in [1.165, 1.54) is 11.8 Å². The highest BCUT2D eigenvalue weighted by molar-refractivity contribution is 7.88. The molecule has 0 amide bonds. The molecule has 0 aliphatic heterocycles. The van der Waals surface area contributed by atoms with Crippen LogP contribution in [0.25, 0.3) is 16.9 Å². The molecule has 0 saturated heterocycles. The Balaban J connectivity index is 1.86. The van der Waals surface area contributed by atoms with Crippen molar-refractivity contribution < 1.29 is 31.1 Å². The molecule has 1 heterocycles. The summed E-state index contributed by atoms with van der Waals surface area (Å²) in [6, 6.07) is 13.9. The summed E-state index contributed by atoms with van der Waals surface area (Å²) >= 11 is 0. The van der Waals surface area contributed by atoms with Crippen LogP contribution in [0.3, 0.4) is 0 Å². The van der Waals surface area contributed by atoms with E-state index in [-0.39, 0.29) is 18.8 Å². The smallest absolute Gasteiger partial charge is 0.435 e. The molecule has 3 aromatic rings. The number of halogens is 3. The third-order valence-corrected chi connectivity index (χ3v) is 4.93. The van der Waals surface area contributed by atoms with E-state index in [4.69, 9.17) is 9.47 Å². The number of ether oxygens (including phenoxy) is 2. The average molecular weight is 455 g/mol. The maximum atomic E-state index is 13.3. The zero-order valence-corrected chi connectivity index (χ0v) is 17.5. The molecule has 2 aromatic carbocycles. The van der Waals surface area contributed by atoms with Gasteiger partial charge in [0, 0.05) is 12.1 Å². The first kappa shape index (κ1) is 22.6. The number of sulfonamides is 1. The molecule has 0 radical (unpaired) electrons. The Hall–Kier alpha value is -3.05. The van der Waals surface area contributed by atoms with E-state index in [1.807, 2.05) is 0 Å². The zero-order valence-electron chi connectivity index (χ0n) is 16.7. The molecular formula is C20H20F3N3O4S. The van der Waals surface area contributed by atoms with Crippen LogP contribution in [0.2, 0.25) is 0 Å². The first-order chi connectivity index (χ1) is 14.6. The summed E-state index contributed by atoms with van der Waals surface area (Å²) in [6.07, 6.45) is -3.55. The number of aromatic nitrogens is 2. The Morgan fingerprint density at radius 3 is 2.19 bits per heavy atom. The second kappa shape index (κ2) is 8.98. The van der Waals surface area contributed by atoms with Gasteiger partial charge in [-0.25, -0.2) is 17.8 Å². The quantitative estimate of drug-likeness (QED) is 0.526. The fraction of sp³-hybridized carbons (Fsp3) is 0.250. The van der Waals surface area contributed by atoms with Gasteiger partial charge in [-0.2, -0.15) is 18.3 Å². The molecule has 7 nitrogen and oxygen atoms in total. The van der Waals surface area contributed by atoms with Gasteiger partial charge in [0.15, 0.2) is 5.69 Å². The Kier molecular flexibility index (Phi) is 6.56. The van der Waals surface area contributed by atoms with Crippen molar-refractivity contribution in [1.29, 1.82) is 0 Å². The van der Waals surface area contributed by atoms with Gasteiger partial charge in [0.1, 0.15) is 18.1 Å². The molecule has 0 saturated carbocycles. The van der Waals surface area contributed by atoms with Gasteiger partial charge in [0.05, 0.1) is 24.7 Å². The van der Waals surface area contributed by atoms with E-state index in [0.717, 1.165) is 12.3 Å². The first-order valence-corrected chi connectivity index (χ1v) is 11.0. The van der Waals surface area contributed by atoms with Crippen molar-refractivity contribution in [1.82, 2.24) is 14.5 Å². The lowest BCUT2D eigenvalue weighted by Crippen LogP contribution is -2.26. The van der Waals surface area contributed by atoms with Gasteiger partial charge in [-0.3, -0.25) is 0 Å². The fourth-order valence-corrected chi connectivity index (χ4v) is 3.22. The van der Waals surface area contributed by atoms with E-state index in [1.54, 1.807) is 48.5 Å². The minimum Gasteiger partial charge on any atom is -0.497 e. The van der Waals surface area contributed by atoms with Crippen LogP contribution in [0.5, 0.6) is 11.5 Å². The molecule has 0 bridgehead atoms. The Morgan fingerprint density at radius 1 is 1.03 bits per heavy atom. The second-order valence-electron chi connectivity index (χ2n) is 6.56. The predicted molar refractivity (Wildman–Crippen MR) is 109 cm³/mol. The zero-order chi connectivity index (χ0) is 22.6. The molecule has 1 N–H and O–H groups in total. The molecule has 0 unspecified atom stereocenters. The van der Waals surface area contributed by atoms with Gasteiger partial charge in [-0.05, 0) is 54.6 Å². The third-order valence-electron chi connectivity index (χ3n) is 4.20. The van der Waals surface area contributed by atoms with Crippen molar-refractivity contribution >= 4 is 10.0 Å². The molecule has 0 fully saturated rings. The predicted octanol–water partition coefficient (Wildman–Crippen LogP) is 3.49. The van der Waals surface area contributed by atoms with Gasteiger partial charge in [0.25, 0.3) is 0 Å². The van der Waals surface area contributed by atoms with Crippen molar-refractivity contribution in [3.05, 3.63) is 60.3 Å². The highest BCUT2D eigenvalue weighted by Gasteiger charge is 2.35. The van der Waals surface area contributed by atoms with Crippen LogP contribution in [-0.4, -0.2) is 44.7 Å². The summed E-state index contributed by atoms with van der Waals surface area (Å²) < 4.78 is 76.0. The molecular weight excluding hydrogens is 435 g/mol. The maximum Gasteiger partial charge on any atom is 0.435 e. The Bertz CT molecular complexity index is 1130. The van der Waals surface area contributed by atoms with Crippen LogP contribution in [0.1, 0.15) is 5.69 Å². The van der Waals surface area contributed by atoms with E-state index in [2.05, 4.69) is 9.82 Å². The number of nitrogens with one attached hydrogen (secondary N) is 1. The maximum absolute atomic E-state index is 13.3. The lowest BCUT2D eigenvalue weighted by atomic mass is 10.1. The number of nitrogens with zero attached hydrogens (tertiary/aromatic N) is 2. The lowest BCUT2D eigenvalue weighted by molar-refractivity contribution is -0.141. The number of alkyl halides is 3. The van der Waals surface area contributed by atoms with Crippen LogP contribution in [0.15, 0.2) is 54.6 Å². The normalized spacial score (nSPS) is 12.0. The minimum absolute atomic E-state index is 0.0936. The van der Waals surface area contributed by atoms with Gasteiger partial charge >= 0.3 is 6.18 Å². The van der Waals surface area contributed by atoms with Crippen LogP contribution in [-0.2, 0) is 16.2 Å². The van der Waals surface area contributed by atoms with Gasteiger partial charge < -0.3 is 9.47 Å². The summed E-state index contributed by atoms with van der Waals surface area (Å²) in [4.78, 5) is 0. The number of benzene rings is 2. The summed E-state index contributed by atoms with van der Waals surface area (Å²) in [5.41, 5.74) is 0.199. The Morgan fingerprint density at radius 2 is 1.65 bits per heavy atom. The van der Waals surface area contributed by atoms with Crippen molar-refractivity contribution in [2.45, 2.75) is 6.18 Å². The van der Waals surface area contributed by atoms with Crippen molar-refractivity contribution in [2.75, 3.05) is 26.5 Å². The van der Waals surface area contributed by atoms with E-state index < -0.39 is 21.9 Å². The molecule has 0 atom stereocenters. The highest BCUT2D eigenvalue weighted by atomic mass is 32.2. The third kappa shape index (κ3) is 5.98. The van der Waals surface area contributed by atoms with Gasteiger partial charge in [-0.15, -0.1) is 0 Å². The second-order valence-corrected chi connectivity index (χ2v) is 8.39. The first-order valence-electron chi connectivity index (χ1n) is 9.06. The molecule has 11 heteroatoms. The van der Waals surface area contributed by atoms with Crippen LogP contribution in [0.4, 0.5) is 13.2 Å². The summed E-state index contributed by atoms with van der Waals surface area (Å²) in [5.74, 6) is 1.02. The largest absolute Gasteiger partial charge is 0.497 e. The van der Waals surface area contributed by atoms with Crippen LogP contribution < -0.4 is 14.2 Å². The number of hydrogen-bond donors (Lipinski definition) is 1. The average Bonchev–Trinajstić information content (AvgIpc) is 3.17. The molecule has 1 aromatic heterocycles. The van der Waals surface area contributed by atoms with Crippen LogP contribution in [0, 0.1) is 0 Å². The molecule has 3 rings (SSSR count). The topological polar surface area (TPSA) is 82.4 Å². The van der Waals surface area contributed by atoms with Gasteiger partial charge in [-0.1, -0.05) is 0 Å². The molecule has 31 heavy (non-hydrogen) atoms. The molecule has 0 aliphatic carbocycles. The van der Waals surface area contributed by atoms with E-state index in [0.29, 0.717) is 22.7 Å². The summed E-state index contributed by atoms with van der Waals surface area (Å²) in [7, 11) is -1.81. The number of methoxy groups -OCH3 is 1. The minimum atomic E-state index is -4.60. The monoisotopic (exact) mass is 455 g/mol. The molecule has 0 spiro atoms. The van der Waals surface area contributed by atoms with Crippen molar-refractivity contribution in [3.63, 3.8) is 0 Å². The van der Waals surface area contributed by atoms with Gasteiger partial charge in [0.2, 0.25) is 10.0 Å².